The van der Waals surface area contributed by atoms with Gasteiger partial charge in [-0.15, -0.1) is 0 Å². The number of carbonyl (C=O) groups is 2. The molecular weight excluding hydrogens is 302 g/mol. The number of ether oxygens (including phenoxy) is 2. The van der Waals surface area contributed by atoms with Gasteiger partial charge in [-0.1, -0.05) is 0 Å². The monoisotopic (exact) mass is 325 g/mol. The Kier molecular flexibility index (Phi) is 9.09. The lowest BCUT2D eigenvalue weighted by Gasteiger charge is -2.20. The van der Waals surface area contributed by atoms with Gasteiger partial charge in [-0.3, -0.25) is 9.59 Å². The van der Waals surface area contributed by atoms with E-state index in [1.165, 1.54) is 28.2 Å². The van der Waals surface area contributed by atoms with Gasteiger partial charge in [0.1, 0.15) is 0 Å². The van der Waals surface area contributed by atoms with Crippen molar-refractivity contribution in [3.8, 4) is 0 Å². The van der Waals surface area contributed by atoms with Gasteiger partial charge in [-0.25, -0.2) is 0 Å². The number of carbonyl (C=O) groups excluding carboxylic acids is 2. The fourth-order valence-corrected chi connectivity index (χ4v) is 2.33. The van der Waals surface area contributed by atoms with Gasteiger partial charge in [0.25, 0.3) is 10.2 Å². The van der Waals surface area contributed by atoms with Crippen molar-refractivity contribution in [2.45, 2.75) is 19.4 Å². The molecule has 21 heavy (non-hydrogen) atoms. The summed E-state index contributed by atoms with van der Waals surface area (Å²) in [7, 11) is 0.169. The molecular formula is C11H23N3O6S. The largest absolute Gasteiger partial charge is 0.469 e. The minimum Gasteiger partial charge on any atom is -0.469 e. The Bertz CT molecular complexity index is 439. The Morgan fingerprint density at radius 2 is 1.90 bits per heavy atom. The number of esters is 1. The van der Waals surface area contributed by atoms with Crippen molar-refractivity contribution < 1.29 is 27.5 Å². The molecule has 0 aliphatic heterocycles. The van der Waals surface area contributed by atoms with Crippen LogP contribution in [0.25, 0.3) is 0 Å². The first-order valence-corrected chi connectivity index (χ1v) is 7.75. The number of amides is 1. The van der Waals surface area contributed by atoms with Crippen LogP contribution in [0.2, 0.25) is 0 Å². The molecule has 0 rings (SSSR count). The Morgan fingerprint density at radius 3 is 2.43 bits per heavy atom. The molecule has 0 spiro atoms. The minimum absolute atomic E-state index is 0.0416. The second-order valence-electron chi connectivity index (χ2n) is 4.28. The Labute approximate surface area is 125 Å². The fraction of sp³-hybridized carbons (Fsp3) is 0.818. The van der Waals surface area contributed by atoms with Crippen LogP contribution in [-0.4, -0.2) is 71.6 Å². The van der Waals surface area contributed by atoms with Crippen LogP contribution in [0, 0.1) is 0 Å². The third-order valence-electron chi connectivity index (χ3n) is 2.59. The van der Waals surface area contributed by atoms with E-state index in [1.54, 1.807) is 0 Å². The maximum Gasteiger partial charge on any atom is 0.306 e. The second-order valence-corrected chi connectivity index (χ2v) is 6.09. The highest BCUT2D eigenvalue weighted by Crippen LogP contribution is 1.99. The highest BCUT2D eigenvalue weighted by molar-refractivity contribution is 7.87. The summed E-state index contributed by atoms with van der Waals surface area (Å²) in [6, 6.07) is -0.938. The van der Waals surface area contributed by atoms with Crippen LogP contribution in [0.1, 0.15) is 13.3 Å². The normalized spacial score (nSPS) is 13.0. The quantitative estimate of drug-likeness (QED) is 0.372. The van der Waals surface area contributed by atoms with Gasteiger partial charge in [0, 0.05) is 27.2 Å². The van der Waals surface area contributed by atoms with Gasteiger partial charge in [0.2, 0.25) is 5.91 Å². The summed E-state index contributed by atoms with van der Waals surface area (Å²) in [4.78, 5) is 22.6. The average molecular weight is 325 g/mol. The maximum absolute atomic E-state index is 11.9. The van der Waals surface area contributed by atoms with E-state index >= 15 is 0 Å². The van der Waals surface area contributed by atoms with E-state index in [0.29, 0.717) is 13.2 Å². The molecule has 1 atom stereocenters. The first-order chi connectivity index (χ1) is 9.74. The molecule has 0 aromatic heterocycles. The molecule has 2 N–H and O–H groups in total. The minimum atomic E-state index is -3.86. The molecule has 0 saturated carbocycles. The molecule has 10 heteroatoms. The van der Waals surface area contributed by atoms with Crippen molar-refractivity contribution in [1.29, 1.82) is 0 Å². The number of rotatable bonds is 10. The summed E-state index contributed by atoms with van der Waals surface area (Å²) in [5.41, 5.74) is 0. The molecule has 0 aromatic rings. The molecule has 0 bridgehead atoms. The summed E-state index contributed by atoms with van der Waals surface area (Å²) in [5.74, 6) is -0.973. The molecule has 9 nitrogen and oxygen atoms in total. The van der Waals surface area contributed by atoms with Crippen LogP contribution >= 0.6 is 0 Å². The lowest BCUT2D eigenvalue weighted by molar-refractivity contribution is -0.140. The highest BCUT2D eigenvalue weighted by Gasteiger charge is 2.24. The van der Waals surface area contributed by atoms with E-state index in [1.807, 2.05) is 0 Å². The van der Waals surface area contributed by atoms with Gasteiger partial charge in [-0.05, 0) is 6.92 Å². The Balaban J connectivity index is 4.37. The van der Waals surface area contributed by atoms with Gasteiger partial charge < -0.3 is 14.8 Å². The molecule has 1 amide bonds. The van der Waals surface area contributed by atoms with Gasteiger partial charge in [-0.2, -0.15) is 17.4 Å². The SMILES string of the molecule is COCCNC(=O)C(C)NS(=O)(=O)N(C)CCC(=O)OC. The predicted octanol–water partition coefficient (Wildman–Crippen LogP) is -1.53. The van der Waals surface area contributed by atoms with Crippen molar-refractivity contribution in [2.24, 2.45) is 0 Å². The molecule has 0 aromatic carbocycles. The van der Waals surface area contributed by atoms with Crippen molar-refractivity contribution in [3.05, 3.63) is 0 Å². The van der Waals surface area contributed by atoms with Crippen LogP contribution in [0.4, 0.5) is 0 Å². The van der Waals surface area contributed by atoms with Crippen LogP contribution in [0.15, 0.2) is 0 Å². The maximum atomic E-state index is 11.9. The lowest BCUT2D eigenvalue weighted by atomic mass is 10.3. The van der Waals surface area contributed by atoms with Gasteiger partial charge in [0.05, 0.1) is 26.2 Å². The number of nitrogens with one attached hydrogen (secondary N) is 2. The van der Waals surface area contributed by atoms with E-state index < -0.39 is 28.1 Å². The van der Waals surface area contributed by atoms with Crippen LogP contribution in [0.3, 0.4) is 0 Å². The van der Waals surface area contributed by atoms with Gasteiger partial charge in [0.15, 0.2) is 0 Å². The zero-order valence-electron chi connectivity index (χ0n) is 12.7. The molecule has 0 aliphatic rings. The zero-order valence-corrected chi connectivity index (χ0v) is 13.5. The van der Waals surface area contributed by atoms with Crippen molar-refractivity contribution in [3.63, 3.8) is 0 Å². The van der Waals surface area contributed by atoms with Crippen molar-refractivity contribution in [2.75, 3.05) is 41.0 Å². The van der Waals surface area contributed by atoms with Gasteiger partial charge >= 0.3 is 5.97 Å². The van der Waals surface area contributed by atoms with E-state index in [-0.39, 0.29) is 13.0 Å². The number of hydrogen-bond donors (Lipinski definition) is 2. The standard InChI is InChI=1S/C11H23N3O6S/c1-9(11(16)12-6-8-19-3)13-21(17,18)14(2)7-5-10(15)20-4/h9,13H,5-8H2,1-4H3,(H,12,16). The molecule has 0 fully saturated rings. The van der Waals surface area contributed by atoms with Crippen LogP contribution in [0.5, 0.6) is 0 Å². The number of methoxy groups -OCH3 is 2. The first-order valence-electron chi connectivity index (χ1n) is 6.31. The lowest BCUT2D eigenvalue weighted by Crippen LogP contribution is -2.49. The fourth-order valence-electron chi connectivity index (χ4n) is 1.27. The average Bonchev–Trinajstić information content (AvgIpc) is 2.43. The topological polar surface area (TPSA) is 114 Å². The first kappa shape index (κ1) is 19.8. The molecule has 0 saturated heterocycles. The highest BCUT2D eigenvalue weighted by atomic mass is 32.2. The summed E-state index contributed by atoms with van der Waals surface area (Å²) in [6.07, 6.45) is -0.0671. The van der Waals surface area contributed by atoms with E-state index in [9.17, 15) is 18.0 Å². The van der Waals surface area contributed by atoms with Crippen LogP contribution < -0.4 is 10.0 Å². The molecule has 0 aliphatic carbocycles. The number of hydrogen-bond acceptors (Lipinski definition) is 6. The van der Waals surface area contributed by atoms with E-state index in [2.05, 4.69) is 14.8 Å². The van der Waals surface area contributed by atoms with Crippen molar-refractivity contribution in [1.82, 2.24) is 14.3 Å². The summed E-state index contributed by atoms with van der Waals surface area (Å²) >= 11 is 0. The predicted molar refractivity (Wildman–Crippen MR) is 75.7 cm³/mol. The van der Waals surface area contributed by atoms with E-state index in [4.69, 9.17) is 4.74 Å². The number of nitrogens with zero attached hydrogens (tertiary/aromatic N) is 1. The third kappa shape index (κ3) is 7.95. The second kappa shape index (κ2) is 9.66. The molecule has 1 unspecified atom stereocenters. The molecule has 0 heterocycles. The Hall–Kier alpha value is -1.23. The Morgan fingerprint density at radius 1 is 1.29 bits per heavy atom. The summed E-state index contributed by atoms with van der Waals surface area (Å²) in [5, 5.41) is 2.52. The zero-order chi connectivity index (χ0) is 16.5. The molecule has 124 valence electrons. The third-order valence-corrected chi connectivity index (χ3v) is 4.25. The summed E-state index contributed by atoms with van der Waals surface area (Å²) in [6.45, 7) is 2.01. The smallest absolute Gasteiger partial charge is 0.306 e. The molecule has 0 radical (unpaired) electrons. The van der Waals surface area contributed by atoms with Crippen LogP contribution in [-0.2, 0) is 29.3 Å². The van der Waals surface area contributed by atoms with E-state index in [0.717, 1.165) is 4.31 Å². The summed E-state index contributed by atoms with van der Waals surface area (Å²) < 4.78 is 36.2. The van der Waals surface area contributed by atoms with Crippen molar-refractivity contribution >= 4 is 22.1 Å².